The third kappa shape index (κ3) is 11.5. The minimum Gasteiger partial charge on any atom is -0.446 e. The Labute approximate surface area is 189 Å². The van der Waals surface area contributed by atoms with Gasteiger partial charge in [-0.1, -0.05) is 89.3 Å². The number of rotatable bonds is 16. The number of para-hydroxylation sites is 1. The van der Waals surface area contributed by atoms with Crippen LogP contribution >= 0.6 is 0 Å². The summed E-state index contributed by atoms with van der Waals surface area (Å²) in [6, 6.07) is 8.14. The van der Waals surface area contributed by atoms with Crippen molar-refractivity contribution >= 4 is 22.1 Å². The molecule has 0 aliphatic heterocycles. The van der Waals surface area contributed by atoms with Crippen LogP contribution in [0.25, 0.3) is 0 Å². The molecule has 0 heterocycles. The van der Waals surface area contributed by atoms with E-state index in [2.05, 4.69) is 6.92 Å². The minimum absolute atomic E-state index is 0.194. The lowest BCUT2D eigenvalue weighted by molar-refractivity contribution is 0.124. The number of amides is 1. The van der Waals surface area contributed by atoms with Crippen LogP contribution in [0.4, 0.5) is 10.5 Å². The molecule has 1 atom stereocenters. The van der Waals surface area contributed by atoms with Gasteiger partial charge in [-0.3, -0.25) is 4.18 Å². The van der Waals surface area contributed by atoms with E-state index in [1.165, 1.54) is 57.1 Å². The lowest BCUT2D eigenvalue weighted by atomic mass is 10.1. The lowest BCUT2D eigenvalue weighted by Crippen LogP contribution is -2.40. The number of hydrogen-bond acceptors (Lipinski definition) is 5. The smallest absolute Gasteiger partial charge is 0.430 e. The first kappa shape index (κ1) is 27.4. The molecule has 0 aliphatic carbocycles. The second-order valence-corrected chi connectivity index (χ2v) is 9.78. The molecule has 0 radical (unpaired) electrons. The maximum absolute atomic E-state index is 12.8. The molecule has 1 unspecified atom stereocenters. The number of hydrogen-bond donors (Lipinski definition) is 0. The van der Waals surface area contributed by atoms with Gasteiger partial charge < -0.3 is 4.74 Å². The Balaban J connectivity index is 2.47. The van der Waals surface area contributed by atoms with Crippen molar-refractivity contribution < 1.29 is 22.1 Å². The molecule has 0 fully saturated rings. The Morgan fingerprint density at radius 1 is 0.871 bits per heavy atom. The molecule has 7 heteroatoms. The monoisotopic (exact) mass is 455 g/mol. The van der Waals surface area contributed by atoms with Crippen LogP contribution in [0.3, 0.4) is 0 Å². The molecule has 31 heavy (non-hydrogen) atoms. The summed E-state index contributed by atoms with van der Waals surface area (Å²) >= 11 is 0. The molecule has 0 spiro atoms. The number of nitrogens with zero attached hydrogens (tertiary/aromatic N) is 1. The lowest BCUT2D eigenvalue weighted by Gasteiger charge is -2.24. The minimum atomic E-state index is -4.32. The van der Waals surface area contributed by atoms with Crippen molar-refractivity contribution in [3.63, 3.8) is 0 Å². The van der Waals surface area contributed by atoms with E-state index in [4.69, 9.17) is 8.92 Å². The van der Waals surface area contributed by atoms with E-state index in [0.717, 1.165) is 19.3 Å². The molecule has 178 valence electrons. The summed E-state index contributed by atoms with van der Waals surface area (Å²) in [4.78, 5) is 12.5. The summed E-state index contributed by atoms with van der Waals surface area (Å²) in [5, 5.41) is 0. The molecule has 0 saturated heterocycles. The van der Waals surface area contributed by atoms with Crippen molar-refractivity contribution in [2.24, 2.45) is 0 Å². The zero-order valence-electron chi connectivity index (χ0n) is 19.7. The molecule has 1 aromatic rings. The Bertz CT molecular complexity index is 706. The highest BCUT2D eigenvalue weighted by Gasteiger charge is 2.33. The number of anilines is 1. The first-order chi connectivity index (χ1) is 14.8. The normalized spacial score (nSPS) is 12.7. The number of carbonyl (C=O) groups excluding carboxylic acids is 1. The summed E-state index contributed by atoms with van der Waals surface area (Å²) < 4.78 is 36.8. The van der Waals surface area contributed by atoms with Gasteiger partial charge in [0, 0.05) is 0 Å². The van der Waals surface area contributed by atoms with E-state index in [9.17, 15) is 13.2 Å². The summed E-state index contributed by atoms with van der Waals surface area (Å²) in [7, 11) is -4.32. The molecular weight excluding hydrogens is 414 g/mol. The van der Waals surface area contributed by atoms with E-state index in [1.54, 1.807) is 39.0 Å². The van der Waals surface area contributed by atoms with Crippen LogP contribution in [0.15, 0.2) is 30.3 Å². The van der Waals surface area contributed by atoms with Gasteiger partial charge in [-0.05, 0) is 39.3 Å². The maximum Gasteiger partial charge on any atom is 0.430 e. The van der Waals surface area contributed by atoms with Crippen molar-refractivity contribution in [1.82, 2.24) is 0 Å². The number of carbonyl (C=O) groups is 1. The summed E-state index contributed by atoms with van der Waals surface area (Å²) in [5.41, 5.74) is 0.194. The van der Waals surface area contributed by atoms with E-state index < -0.39 is 28.6 Å². The van der Waals surface area contributed by atoms with Crippen LogP contribution in [-0.2, 0) is 19.2 Å². The van der Waals surface area contributed by atoms with E-state index >= 15 is 0 Å². The third-order valence-electron chi connectivity index (χ3n) is 4.97. The Kier molecular flexibility index (Phi) is 13.5. The zero-order valence-corrected chi connectivity index (χ0v) is 20.5. The van der Waals surface area contributed by atoms with E-state index in [1.807, 2.05) is 0 Å². The second kappa shape index (κ2) is 15.2. The topological polar surface area (TPSA) is 72.9 Å². The Morgan fingerprint density at radius 2 is 1.39 bits per heavy atom. The Hall–Kier alpha value is -1.60. The molecule has 1 aromatic carbocycles. The molecular formula is C24H41NO5S. The van der Waals surface area contributed by atoms with Crippen molar-refractivity contribution in [3.8, 4) is 0 Å². The van der Waals surface area contributed by atoms with Gasteiger partial charge in [0.15, 0.2) is 0 Å². The van der Waals surface area contributed by atoms with Crippen LogP contribution in [0, 0.1) is 0 Å². The van der Waals surface area contributed by atoms with Crippen LogP contribution in [0.1, 0.15) is 98.3 Å². The van der Waals surface area contributed by atoms with Crippen LogP contribution in [0.2, 0.25) is 0 Å². The molecule has 6 nitrogen and oxygen atoms in total. The highest BCUT2D eigenvalue weighted by atomic mass is 32.2. The number of ether oxygens (including phenoxy) is 1. The highest BCUT2D eigenvalue weighted by molar-refractivity contribution is 7.89. The fraction of sp³-hybridized carbons (Fsp3) is 0.708. The third-order valence-corrected chi connectivity index (χ3v) is 6.35. The summed E-state index contributed by atoms with van der Waals surface area (Å²) in [6.07, 6.45) is 10.9. The van der Waals surface area contributed by atoms with Gasteiger partial charge in [0.1, 0.15) is 0 Å². The number of benzene rings is 1. The van der Waals surface area contributed by atoms with Crippen LogP contribution in [-0.4, -0.2) is 26.7 Å². The Morgan fingerprint density at radius 3 is 1.90 bits per heavy atom. The molecule has 1 amide bonds. The fourth-order valence-corrected chi connectivity index (χ4v) is 4.56. The average molecular weight is 456 g/mol. The van der Waals surface area contributed by atoms with E-state index in [0.29, 0.717) is 10.7 Å². The van der Waals surface area contributed by atoms with Crippen molar-refractivity contribution in [2.75, 3.05) is 4.31 Å². The summed E-state index contributed by atoms with van der Waals surface area (Å²) in [5.74, 6) is 0. The molecule has 1 rings (SSSR count). The van der Waals surface area contributed by atoms with Gasteiger partial charge in [-0.25, -0.2) is 4.79 Å². The highest BCUT2D eigenvalue weighted by Crippen LogP contribution is 2.22. The van der Waals surface area contributed by atoms with Gasteiger partial charge in [0.25, 0.3) is 0 Å². The average Bonchev–Trinajstić information content (AvgIpc) is 2.69. The van der Waals surface area contributed by atoms with Gasteiger partial charge in [0.05, 0.1) is 17.9 Å². The first-order valence-electron chi connectivity index (χ1n) is 11.8. The second-order valence-electron chi connectivity index (χ2n) is 8.37. The van der Waals surface area contributed by atoms with Crippen molar-refractivity contribution in [1.29, 1.82) is 0 Å². The van der Waals surface area contributed by atoms with Gasteiger partial charge in [-0.2, -0.15) is 8.42 Å². The quantitative estimate of drug-likeness (QED) is 0.251. The van der Waals surface area contributed by atoms with Gasteiger partial charge >= 0.3 is 16.4 Å². The standard InChI is InChI=1S/C24H41NO5S/c1-5-6-7-8-9-10-11-12-13-15-18-22(4)30-31(27,28)25(24(26)29-21(2)3)23-19-16-14-17-20-23/h14,16-17,19-22H,5-13,15,18H2,1-4H3. The fourth-order valence-electron chi connectivity index (χ4n) is 3.36. The summed E-state index contributed by atoms with van der Waals surface area (Å²) in [6.45, 7) is 7.29. The van der Waals surface area contributed by atoms with Crippen molar-refractivity contribution in [3.05, 3.63) is 30.3 Å². The van der Waals surface area contributed by atoms with Crippen LogP contribution in [0.5, 0.6) is 0 Å². The van der Waals surface area contributed by atoms with Gasteiger partial charge in [-0.15, -0.1) is 4.31 Å². The largest absolute Gasteiger partial charge is 0.446 e. The predicted molar refractivity (Wildman–Crippen MR) is 126 cm³/mol. The first-order valence-corrected chi connectivity index (χ1v) is 13.1. The molecule has 0 aliphatic rings. The van der Waals surface area contributed by atoms with Gasteiger partial charge in [0.2, 0.25) is 0 Å². The molecule has 0 aromatic heterocycles. The SMILES string of the molecule is CCCCCCCCCCCCC(C)OS(=O)(=O)N(C(=O)OC(C)C)c1ccccc1. The zero-order chi connectivity index (χ0) is 23.1. The molecule has 0 N–H and O–H groups in total. The molecule has 0 bridgehead atoms. The van der Waals surface area contributed by atoms with Crippen LogP contribution < -0.4 is 4.31 Å². The van der Waals surface area contributed by atoms with E-state index in [-0.39, 0.29) is 5.69 Å². The maximum atomic E-state index is 12.8. The predicted octanol–water partition coefficient (Wildman–Crippen LogP) is 7.00. The molecule has 0 saturated carbocycles. The number of unbranched alkanes of at least 4 members (excludes halogenated alkanes) is 9. The van der Waals surface area contributed by atoms with Crippen molar-refractivity contribution in [2.45, 2.75) is 111 Å².